The minimum Gasteiger partial charge on any atom is -0.344 e. The van der Waals surface area contributed by atoms with Gasteiger partial charge < -0.3 is 10.6 Å². The summed E-state index contributed by atoms with van der Waals surface area (Å²) in [7, 11) is 0. The Labute approximate surface area is 307 Å². The molecule has 2 N–H and O–H groups in total. The lowest BCUT2D eigenvalue weighted by Crippen LogP contribution is -2.15. The second-order valence-corrected chi connectivity index (χ2v) is 13.4. The number of benzene rings is 2. The first kappa shape index (κ1) is 46.3. The number of unbranched alkanes of at least 4 members (excludes halogenated alkanes) is 3. The van der Waals surface area contributed by atoms with Gasteiger partial charge in [-0.1, -0.05) is 148 Å². The minimum atomic E-state index is -0.383. The van der Waals surface area contributed by atoms with Crippen molar-refractivity contribution in [1.82, 2.24) is 5.32 Å². The number of allylic oxidation sites excluding steroid dienone is 5. The van der Waals surface area contributed by atoms with Crippen LogP contribution < -0.4 is 10.6 Å². The molecular weight excluding hydrogens is 625 g/mol. The summed E-state index contributed by atoms with van der Waals surface area (Å²) in [4.78, 5) is 4.67. The van der Waals surface area contributed by atoms with E-state index in [9.17, 15) is 4.39 Å². The van der Waals surface area contributed by atoms with Gasteiger partial charge in [0, 0.05) is 22.5 Å². The van der Waals surface area contributed by atoms with Crippen molar-refractivity contribution in [2.45, 2.75) is 146 Å². The molecule has 0 saturated carbocycles. The number of rotatable bonds is 19. The van der Waals surface area contributed by atoms with Gasteiger partial charge in [0.05, 0.1) is 0 Å². The number of aryl methyl sites for hydroxylation is 1. The van der Waals surface area contributed by atoms with Gasteiger partial charge in [-0.15, -0.1) is 0 Å². The average Bonchev–Trinajstić information content (AvgIpc) is 3.07. The largest absolute Gasteiger partial charge is 0.344 e. The van der Waals surface area contributed by atoms with Crippen molar-refractivity contribution in [2.75, 3.05) is 18.4 Å². The van der Waals surface area contributed by atoms with Gasteiger partial charge in [-0.25, -0.2) is 9.38 Å². The number of nitrogens with zero attached hydrogens (tertiary/aromatic N) is 1. The van der Waals surface area contributed by atoms with Crippen LogP contribution in [0.1, 0.15) is 151 Å². The van der Waals surface area contributed by atoms with Crippen LogP contribution in [0.4, 0.5) is 10.1 Å². The normalized spacial score (nSPS) is 12.3. The van der Waals surface area contributed by atoms with E-state index in [1.165, 1.54) is 98.9 Å². The van der Waals surface area contributed by atoms with E-state index in [0.717, 1.165) is 37.2 Å². The molecule has 0 saturated heterocycles. The molecule has 3 nitrogen and oxygen atoms in total. The van der Waals surface area contributed by atoms with Gasteiger partial charge in [-0.2, -0.15) is 0 Å². The summed E-state index contributed by atoms with van der Waals surface area (Å²) in [5.74, 6) is 1.24. The number of amidine groups is 1. The summed E-state index contributed by atoms with van der Waals surface area (Å²) in [6, 6.07) is 13.1. The highest BCUT2D eigenvalue weighted by molar-refractivity contribution is 6.30. The first-order chi connectivity index (χ1) is 23.6. The van der Waals surface area contributed by atoms with Crippen LogP contribution in [0.25, 0.3) is 5.57 Å². The molecule has 0 unspecified atom stereocenters. The SMILES string of the molecule is CCCC(C)CCC.CCCCCNCCC.CC\C=C(C(=C/N=C(C)Nc1cc(F)cc(Cl)c1)/C(C)=C/CCC)\c1ccc(CC)cc1. The number of hydrogen-bond donors (Lipinski definition) is 2. The summed E-state index contributed by atoms with van der Waals surface area (Å²) >= 11 is 5.97. The summed E-state index contributed by atoms with van der Waals surface area (Å²) in [5.41, 5.74) is 6.52. The molecule has 0 fully saturated rings. The highest BCUT2D eigenvalue weighted by Gasteiger charge is 2.11. The summed E-state index contributed by atoms with van der Waals surface area (Å²) in [6.45, 7) is 24.2. The molecule has 49 heavy (non-hydrogen) atoms. The molecule has 0 heterocycles. The zero-order valence-electron chi connectivity index (χ0n) is 33.0. The van der Waals surface area contributed by atoms with E-state index in [2.05, 4.69) is 114 Å². The summed E-state index contributed by atoms with van der Waals surface area (Å²) < 4.78 is 13.7. The van der Waals surface area contributed by atoms with Crippen LogP contribution in [0.15, 0.2) is 77.0 Å². The average molecular weight is 697 g/mol. The molecule has 2 aromatic carbocycles. The first-order valence-corrected chi connectivity index (χ1v) is 19.6. The maximum absolute atomic E-state index is 13.7. The molecule has 0 bridgehead atoms. The molecule has 0 aliphatic heterocycles. The Morgan fingerprint density at radius 3 is 2.02 bits per heavy atom. The number of nitrogens with one attached hydrogen (secondary N) is 2. The molecule has 0 radical (unpaired) electrons. The lowest BCUT2D eigenvalue weighted by molar-refractivity contribution is 0.480. The van der Waals surface area contributed by atoms with Crippen molar-refractivity contribution in [1.29, 1.82) is 0 Å². The van der Waals surface area contributed by atoms with Crippen LogP contribution in [0.5, 0.6) is 0 Å². The lowest BCUT2D eigenvalue weighted by Gasteiger charge is -2.14. The van der Waals surface area contributed by atoms with Crippen LogP contribution >= 0.6 is 11.6 Å². The van der Waals surface area contributed by atoms with Gasteiger partial charge in [-0.3, -0.25) is 0 Å². The van der Waals surface area contributed by atoms with Crippen molar-refractivity contribution in [3.05, 3.63) is 93.9 Å². The quantitative estimate of drug-likeness (QED) is 0.0664. The molecule has 0 spiro atoms. The molecule has 0 aromatic heterocycles. The lowest BCUT2D eigenvalue weighted by atomic mass is 9.91. The van der Waals surface area contributed by atoms with Crippen LogP contribution in [0.3, 0.4) is 0 Å². The van der Waals surface area contributed by atoms with Crippen molar-refractivity contribution in [3.8, 4) is 0 Å². The first-order valence-electron chi connectivity index (χ1n) is 19.2. The number of anilines is 1. The molecular formula is C44H71ClFN3. The van der Waals surface area contributed by atoms with Crippen molar-refractivity contribution in [3.63, 3.8) is 0 Å². The number of aliphatic imine (C=N–C) groups is 1. The molecule has 0 amide bonds. The van der Waals surface area contributed by atoms with E-state index in [4.69, 9.17) is 11.6 Å². The molecule has 5 heteroatoms. The third-order valence-electron chi connectivity index (χ3n) is 8.06. The molecule has 2 aromatic rings. The van der Waals surface area contributed by atoms with Gasteiger partial charge in [0.1, 0.15) is 11.7 Å². The van der Waals surface area contributed by atoms with Crippen molar-refractivity contribution >= 4 is 28.7 Å². The fraction of sp³-hybridized carbons (Fsp3) is 0.568. The molecule has 276 valence electrons. The maximum Gasteiger partial charge on any atom is 0.126 e. The Morgan fingerprint density at radius 2 is 1.49 bits per heavy atom. The van der Waals surface area contributed by atoms with Gasteiger partial charge in [0.15, 0.2) is 0 Å². The second kappa shape index (κ2) is 30.2. The molecule has 0 aliphatic carbocycles. The van der Waals surface area contributed by atoms with Crippen LogP contribution in [-0.4, -0.2) is 18.9 Å². The molecule has 0 aliphatic rings. The van der Waals surface area contributed by atoms with E-state index in [1.54, 1.807) is 6.07 Å². The van der Waals surface area contributed by atoms with Crippen LogP contribution in [0, 0.1) is 11.7 Å². The zero-order valence-corrected chi connectivity index (χ0v) is 33.7. The predicted molar refractivity (Wildman–Crippen MR) is 221 cm³/mol. The minimum absolute atomic E-state index is 0.346. The third kappa shape index (κ3) is 22.6. The van der Waals surface area contributed by atoms with Gasteiger partial charge in [-0.05, 0) is 105 Å². The van der Waals surface area contributed by atoms with E-state index in [0.29, 0.717) is 16.5 Å². The topological polar surface area (TPSA) is 36.4 Å². The van der Waals surface area contributed by atoms with Gasteiger partial charge in [0.25, 0.3) is 0 Å². The van der Waals surface area contributed by atoms with Gasteiger partial charge in [0.2, 0.25) is 0 Å². The highest BCUT2D eigenvalue weighted by atomic mass is 35.5. The monoisotopic (exact) mass is 696 g/mol. The maximum atomic E-state index is 13.7. The Morgan fingerprint density at radius 1 is 0.816 bits per heavy atom. The van der Waals surface area contributed by atoms with Crippen LogP contribution in [0.2, 0.25) is 5.02 Å². The summed E-state index contributed by atoms with van der Waals surface area (Å²) in [5, 5.41) is 6.84. The number of halogens is 2. The van der Waals surface area contributed by atoms with Crippen molar-refractivity contribution in [2.24, 2.45) is 10.9 Å². The van der Waals surface area contributed by atoms with E-state index in [1.807, 2.05) is 13.1 Å². The second-order valence-electron chi connectivity index (χ2n) is 12.9. The zero-order chi connectivity index (χ0) is 36.9. The van der Waals surface area contributed by atoms with Gasteiger partial charge >= 0.3 is 0 Å². The van der Waals surface area contributed by atoms with E-state index < -0.39 is 0 Å². The Bertz CT molecular complexity index is 1210. The fourth-order valence-corrected chi connectivity index (χ4v) is 5.54. The Balaban J connectivity index is 0.00000111. The number of hydrogen-bond acceptors (Lipinski definition) is 2. The third-order valence-corrected chi connectivity index (χ3v) is 8.28. The predicted octanol–water partition coefficient (Wildman–Crippen LogP) is 14.4. The van der Waals surface area contributed by atoms with Crippen LogP contribution in [-0.2, 0) is 6.42 Å². The van der Waals surface area contributed by atoms with E-state index >= 15 is 0 Å². The van der Waals surface area contributed by atoms with Crippen molar-refractivity contribution < 1.29 is 4.39 Å². The molecule has 2 rings (SSSR count). The standard InChI is InChI=1S/C28H34ClFN2.C8H19N.C8H18/c1-6-9-11-20(4)28(27(10-7-2)23-14-12-22(8-3)13-15-23)19-31-21(5)32-26-17-24(29)16-25(30)18-26;1-3-5-6-8-9-7-4-2;1-4-6-8(3)7-5-2/h10-19H,6-9H2,1-5H3,(H,31,32);9H,3-8H2,1-2H3;8H,4-7H2,1-3H3/b20-11+,27-10-,28-19+;;. The summed E-state index contributed by atoms with van der Waals surface area (Å²) in [6.07, 6.45) is 21.3. The smallest absolute Gasteiger partial charge is 0.126 e. The molecule has 0 atom stereocenters. The Kier molecular flexibility index (Phi) is 28.5. The highest BCUT2D eigenvalue weighted by Crippen LogP contribution is 2.30. The Hall–Kier alpha value is -2.69. The fourth-order valence-electron chi connectivity index (χ4n) is 5.32. The van der Waals surface area contributed by atoms with E-state index in [-0.39, 0.29) is 5.82 Å².